The van der Waals surface area contributed by atoms with Crippen LogP contribution in [0.25, 0.3) is 0 Å². The van der Waals surface area contributed by atoms with Gasteiger partial charge in [-0.1, -0.05) is 6.42 Å². The van der Waals surface area contributed by atoms with Crippen LogP contribution in [0.1, 0.15) is 96.3 Å². The summed E-state index contributed by atoms with van der Waals surface area (Å²) in [6.45, 7) is 11.9. The Morgan fingerprint density at radius 3 is 1.06 bits per heavy atom. The van der Waals surface area contributed by atoms with Crippen molar-refractivity contribution < 1.29 is 44.9 Å². The van der Waals surface area contributed by atoms with Crippen LogP contribution in [0.4, 0.5) is 0 Å². The summed E-state index contributed by atoms with van der Waals surface area (Å²) < 4.78 is 62.1. The molecular formula is C50H82O10Si5. The van der Waals surface area contributed by atoms with E-state index in [2.05, 4.69) is 32.7 Å². The molecule has 5 aliphatic heterocycles. The maximum Gasteiger partial charge on any atom is 0.323 e. The molecule has 15 rings (SSSR count). The molecule has 0 spiro atoms. The van der Waals surface area contributed by atoms with Crippen LogP contribution in [-0.2, 0) is 40.1 Å². The van der Waals surface area contributed by atoms with E-state index in [0.29, 0.717) is 96.5 Å². The molecule has 65 heavy (non-hydrogen) atoms. The second-order valence-electron chi connectivity index (χ2n) is 27.1. The first-order valence-electron chi connectivity index (χ1n) is 28.0. The Morgan fingerprint density at radius 1 is 0.400 bits per heavy atom. The third-order valence-corrected chi connectivity index (χ3v) is 42.7. The molecule has 0 radical (unpaired) electrons. The standard InChI is InChI=1S/C50H82O10Si5/c1-61(11-6-26-16-31-21-36(26)46-41(31)52-46)57-63(3,13-8-28-18-33-23-38(28)48-43(33)54-48)59-65(5,15-10-30-20-35-25-40(30)50-45(35)56-50)60-64(4,14-9-29-19-34-24-39(29)49-44(34)55-49)58-62(2,51)12-7-27-17-32-22-37(27)47-42(32)53-47/h26-51,61H,6-25H2,1-5H3. The van der Waals surface area contributed by atoms with Gasteiger partial charge in [-0.15, -0.1) is 0 Å². The van der Waals surface area contributed by atoms with E-state index in [9.17, 15) is 4.80 Å². The second kappa shape index (κ2) is 15.1. The molecule has 5 saturated heterocycles. The largest absolute Gasteiger partial charge is 0.439 e. The lowest BCUT2D eigenvalue weighted by atomic mass is 9.87. The molecule has 10 saturated carbocycles. The minimum atomic E-state index is -3.08. The van der Waals surface area contributed by atoms with Crippen molar-refractivity contribution >= 4 is 43.3 Å². The molecule has 10 nitrogen and oxygen atoms in total. The molecule has 10 bridgehead atoms. The molecule has 362 valence electrons. The van der Waals surface area contributed by atoms with Crippen LogP contribution in [0.3, 0.4) is 0 Å². The van der Waals surface area contributed by atoms with E-state index in [1.165, 1.54) is 83.1 Å². The van der Waals surface area contributed by atoms with Crippen LogP contribution in [0, 0.1) is 88.8 Å². The molecule has 0 amide bonds. The van der Waals surface area contributed by atoms with Gasteiger partial charge in [-0.05, 0) is 242 Å². The smallest absolute Gasteiger partial charge is 0.323 e. The summed E-state index contributed by atoms with van der Waals surface area (Å²) in [4.78, 5) is 12.6. The quantitative estimate of drug-likeness (QED) is 0.0787. The van der Waals surface area contributed by atoms with Gasteiger partial charge in [0.2, 0.25) is 0 Å². The fraction of sp³-hybridized carbons (Fsp3) is 1.00. The molecule has 5 heterocycles. The van der Waals surface area contributed by atoms with Crippen molar-refractivity contribution in [2.24, 2.45) is 88.8 Å². The summed E-state index contributed by atoms with van der Waals surface area (Å²) in [6, 6.07) is 5.04. The summed E-state index contributed by atoms with van der Waals surface area (Å²) in [7, 11) is -13.2. The zero-order valence-corrected chi connectivity index (χ0v) is 45.4. The Balaban J connectivity index is 0.695. The van der Waals surface area contributed by atoms with Gasteiger partial charge < -0.3 is 44.9 Å². The first-order chi connectivity index (χ1) is 31.2. The number of epoxide rings is 5. The summed E-state index contributed by atoms with van der Waals surface area (Å²) >= 11 is 0. The Bertz CT molecular complexity index is 1900. The minimum Gasteiger partial charge on any atom is -0.439 e. The van der Waals surface area contributed by atoms with E-state index in [1.54, 1.807) is 0 Å². The van der Waals surface area contributed by atoms with Crippen molar-refractivity contribution in [3.05, 3.63) is 0 Å². The Kier molecular flexibility index (Phi) is 10.1. The van der Waals surface area contributed by atoms with E-state index in [4.69, 9.17) is 40.1 Å². The highest BCUT2D eigenvalue weighted by molar-refractivity contribution is 6.89. The van der Waals surface area contributed by atoms with E-state index < -0.39 is 43.3 Å². The normalized spacial score (nSPS) is 56.7. The molecular weight excluding hydrogens is 901 g/mol. The molecule has 15 fully saturated rings. The molecule has 10 aliphatic carbocycles. The minimum absolute atomic E-state index is 0.507. The van der Waals surface area contributed by atoms with Crippen LogP contribution in [-0.4, -0.2) is 109 Å². The van der Waals surface area contributed by atoms with Crippen molar-refractivity contribution in [1.82, 2.24) is 0 Å². The van der Waals surface area contributed by atoms with Gasteiger partial charge in [0.15, 0.2) is 9.04 Å². The fourth-order valence-electron chi connectivity index (χ4n) is 19.9. The van der Waals surface area contributed by atoms with E-state index in [-0.39, 0.29) is 0 Å². The maximum absolute atomic E-state index is 12.6. The highest BCUT2D eigenvalue weighted by Gasteiger charge is 2.67. The molecule has 30 atom stereocenters. The fourth-order valence-corrected chi connectivity index (χ4v) is 43.9. The van der Waals surface area contributed by atoms with Gasteiger partial charge >= 0.3 is 34.2 Å². The Labute approximate surface area is 395 Å². The molecule has 0 aromatic rings. The zero-order valence-electron chi connectivity index (χ0n) is 40.3. The maximum atomic E-state index is 12.6. The topological polar surface area (TPSA) is 120 Å². The molecule has 0 aromatic heterocycles. The van der Waals surface area contributed by atoms with Crippen molar-refractivity contribution in [3.63, 3.8) is 0 Å². The highest BCUT2D eigenvalue weighted by Crippen LogP contribution is 2.64. The molecule has 15 heteroatoms. The SMILES string of the molecule is C[SiH](CCC1CC2CC1C1OC21)O[Si](C)(CCC1CC2CC1C1OC21)O[Si](C)(CCC1CC2CC1C1OC21)O[Si](C)(CCC1CC2CC1C1OC21)O[Si](C)(O)CCC1CC2CC1C1OC21. The van der Waals surface area contributed by atoms with Gasteiger partial charge in [0.1, 0.15) is 0 Å². The monoisotopic (exact) mass is 982 g/mol. The van der Waals surface area contributed by atoms with Gasteiger partial charge in [-0.2, -0.15) is 0 Å². The van der Waals surface area contributed by atoms with Crippen LogP contribution in [0.15, 0.2) is 0 Å². The number of fused-ring (bicyclic) bond motifs is 25. The number of rotatable bonds is 23. The van der Waals surface area contributed by atoms with Gasteiger partial charge in [-0.25, -0.2) is 0 Å². The van der Waals surface area contributed by atoms with Crippen LogP contribution < -0.4 is 0 Å². The van der Waals surface area contributed by atoms with E-state index in [1.807, 2.05) is 0 Å². The number of hydrogen-bond donors (Lipinski definition) is 1. The average molecular weight is 984 g/mol. The molecule has 30 unspecified atom stereocenters. The first-order valence-corrected chi connectivity index (χ1v) is 40.6. The molecule has 15 aliphatic rings. The van der Waals surface area contributed by atoms with Crippen LogP contribution in [0.5, 0.6) is 0 Å². The zero-order chi connectivity index (χ0) is 43.5. The second-order valence-corrected chi connectivity index (χ2v) is 43.9. The molecule has 1 N–H and O–H groups in total. The lowest BCUT2D eigenvalue weighted by Gasteiger charge is -2.45. The highest BCUT2D eigenvalue weighted by atomic mass is 28.5. The van der Waals surface area contributed by atoms with Gasteiger partial charge in [0.25, 0.3) is 0 Å². The average Bonchev–Trinajstić information content (AvgIpc) is 4.26. The first kappa shape index (κ1) is 43.3. The van der Waals surface area contributed by atoms with Gasteiger partial charge in [0, 0.05) is 0 Å². The summed E-state index contributed by atoms with van der Waals surface area (Å²) in [5, 5.41) is 0. The van der Waals surface area contributed by atoms with Crippen LogP contribution in [0.2, 0.25) is 63.0 Å². The summed E-state index contributed by atoms with van der Waals surface area (Å²) in [6.07, 6.45) is 24.8. The number of ether oxygens (including phenoxy) is 5. The van der Waals surface area contributed by atoms with E-state index >= 15 is 0 Å². The molecule has 0 aromatic carbocycles. The summed E-state index contributed by atoms with van der Waals surface area (Å²) in [5.74, 6) is 11.2. The van der Waals surface area contributed by atoms with Crippen molar-refractivity contribution in [1.29, 1.82) is 0 Å². The predicted octanol–water partition coefficient (Wildman–Crippen LogP) is 8.75. The van der Waals surface area contributed by atoms with Crippen molar-refractivity contribution in [2.45, 2.75) is 220 Å². The Morgan fingerprint density at radius 2 is 0.708 bits per heavy atom. The lowest BCUT2D eigenvalue weighted by Crippen LogP contribution is -2.61. The van der Waals surface area contributed by atoms with Crippen molar-refractivity contribution in [2.75, 3.05) is 0 Å². The third kappa shape index (κ3) is 7.62. The lowest BCUT2D eigenvalue weighted by molar-refractivity contribution is 0.231. The van der Waals surface area contributed by atoms with Crippen molar-refractivity contribution in [3.8, 4) is 0 Å². The van der Waals surface area contributed by atoms with Crippen LogP contribution >= 0.6 is 0 Å². The predicted molar refractivity (Wildman–Crippen MR) is 255 cm³/mol. The number of hydrogen-bond acceptors (Lipinski definition) is 10. The van der Waals surface area contributed by atoms with Gasteiger partial charge in [0.05, 0.1) is 61.0 Å². The van der Waals surface area contributed by atoms with Gasteiger partial charge in [-0.3, -0.25) is 0 Å². The Hall–Kier alpha value is 0.684. The third-order valence-electron chi connectivity index (χ3n) is 22.8. The summed E-state index contributed by atoms with van der Waals surface area (Å²) in [5.41, 5.74) is 0. The van der Waals surface area contributed by atoms with E-state index in [0.717, 1.165) is 96.7 Å².